The van der Waals surface area contributed by atoms with E-state index in [1.54, 1.807) is 0 Å². The lowest BCUT2D eigenvalue weighted by Crippen LogP contribution is -2.26. The summed E-state index contributed by atoms with van der Waals surface area (Å²) in [6.45, 7) is 4.62. The van der Waals surface area contributed by atoms with E-state index in [4.69, 9.17) is 0 Å². The van der Waals surface area contributed by atoms with Gasteiger partial charge in [0.1, 0.15) is 0 Å². The third-order valence-electron chi connectivity index (χ3n) is 5.35. The highest BCUT2D eigenvalue weighted by molar-refractivity contribution is 5.98. The first-order valence-corrected chi connectivity index (χ1v) is 7.81. The molecule has 1 aromatic rings. The minimum atomic E-state index is 0.269. The van der Waals surface area contributed by atoms with E-state index in [1.807, 2.05) is 0 Å². The summed E-state index contributed by atoms with van der Waals surface area (Å²) >= 11 is 0. The zero-order valence-electron chi connectivity index (χ0n) is 12.1. The highest BCUT2D eigenvalue weighted by Crippen LogP contribution is 2.35. The van der Waals surface area contributed by atoms with E-state index < -0.39 is 0 Å². The van der Waals surface area contributed by atoms with Gasteiger partial charge in [0.2, 0.25) is 0 Å². The van der Waals surface area contributed by atoms with Crippen molar-refractivity contribution < 1.29 is 4.79 Å². The molecule has 0 spiro atoms. The maximum atomic E-state index is 12.7. The number of rotatable bonds is 2. The van der Waals surface area contributed by atoms with E-state index in [9.17, 15) is 4.79 Å². The summed E-state index contributed by atoms with van der Waals surface area (Å²) in [6, 6.07) is 6.42. The van der Waals surface area contributed by atoms with Gasteiger partial charge in [0.15, 0.2) is 5.78 Å². The number of carbonyl (C=O) groups excluding carboxylic acids is 1. The molecule has 1 heteroatoms. The van der Waals surface area contributed by atoms with Crippen LogP contribution in [0.15, 0.2) is 18.2 Å². The number of fused-ring (bicyclic) bond motifs is 1. The van der Waals surface area contributed by atoms with Crippen molar-refractivity contribution in [3.63, 3.8) is 0 Å². The van der Waals surface area contributed by atoms with Gasteiger partial charge in [-0.05, 0) is 67.6 Å². The second kappa shape index (κ2) is 5.11. The van der Waals surface area contributed by atoms with Crippen molar-refractivity contribution in [3.05, 3.63) is 34.9 Å². The fraction of sp³-hybridized carbons (Fsp3) is 0.611. The van der Waals surface area contributed by atoms with Crippen LogP contribution in [0.5, 0.6) is 0 Å². The van der Waals surface area contributed by atoms with Crippen molar-refractivity contribution in [2.24, 2.45) is 17.8 Å². The van der Waals surface area contributed by atoms with Gasteiger partial charge in [-0.25, -0.2) is 0 Å². The molecule has 0 bridgehead atoms. The van der Waals surface area contributed by atoms with Crippen LogP contribution in [0.25, 0.3) is 0 Å². The molecule has 1 fully saturated rings. The first-order valence-electron chi connectivity index (χ1n) is 7.81. The number of hydrogen-bond donors (Lipinski definition) is 0. The highest BCUT2D eigenvalue weighted by atomic mass is 16.1. The molecule has 102 valence electrons. The van der Waals surface area contributed by atoms with Crippen molar-refractivity contribution >= 4 is 5.78 Å². The number of Topliss-reactive ketones (excluding diaryl/α,β-unsaturated/α-hetero) is 1. The minimum Gasteiger partial charge on any atom is -0.294 e. The van der Waals surface area contributed by atoms with Crippen LogP contribution in [-0.2, 0) is 12.8 Å². The van der Waals surface area contributed by atoms with Gasteiger partial charge in [0.25, 0.3) is 0 Å². The molecule has 0 heterocycles. The SMILES string of the molecule is CC1CCC(C(=O)c2ccc3c(c2)CCC3)CC1C. The largest absolute Gasteiger partial charge is 0.294 e. The van der Waals surface area contributed by atoms with Crippen LogP contribution in [0.4, 0.5) is 0 Å². The molecule has 1 aromatic carbocycles. The van der Waals surface area contributed by atoms with Gasteiger partial charge in [-0.1, -0.05) is 26.0 Å². The molecule has 2 aliphatic rings. The van der Waals surface area contributed by atoms with Crippen LogP contribution in [0.1, 0.15) is 61.0 Å². The highest BCUT2D eigenvalue weighted by Gasteiger charge is 2.30. The molecular formula is C18H24O. The molecule has 0 aromatic heterocycles. The maximum Gasteiger partial charge on any atom is 0.165 e. The topological polar surface area (TPSA) is 17.1 Å². The quantitative estimate of drug-likeness (QED) is 0.715. The predicted molar refractivity (Wildman–Crippen MR) is 78.5 cm³/mol. The number of aryl methyl sites for hydroxylation is 2. The molecular weight excluding hydrogens is 232 g/mol. The minimum absolute atomic E-state index is 0.269. The summed E-state index contributed by atoms with van der Waals surface area (Å²) in [6.07, 6.45) is 6.99. The van der Waals surface area contributed by atoms with Gasteiger partial charge in [-0.2, -0.15) is 0 Å². The summed E-state index contributed by atoms with van der Waals surface area (Å²) in [5.74, 6) is 2.14. The van der Waals surface area contributed by atoms with Gasteiger partial charge >= 0.3 is 0 Å². The first kappa shape index (κ1) is 12.9. The van der Waals surface area contributed by atoms with Crippen LogP contribution < -0.4 is 0 Å². The van der Waals surface area contributed by atoms with Crippen LogP contribution in [0.3, 0.4) is 0 Å². The molecule has 1 saturated carbocycles. The monoisotopic (exact) mass is 256 g/mol. The zero-order chi connectivity index (χ0) is 13.4. The zero-order valence-corrected chi connectivity index (χ0v) is 12.1. The predicted octanol–water partition coefficient (Wildman–Crippen LogP) is 4.43. The Kier molecular flexibility index (Phi) is 3.47. The standard InChI is InChI=1S/C18H24O/c1-12-6-7-16(10-13(12)2)18(19)17-9-8-14-4-3-5-15(14)11-17/h8-9,11-13,16H,3-7,10H2,1-2H3. The second-order valence-corrected chi connectivity index (χ2v) is 6.67. The Labute approximate surface area is 116 Å². The van der Waals surface area contributed by atoms with Gasteiger partial charge in [0.05, 0.1) is 0 Å². The third kappa shape index (κ3) is 2.48. The molecule has 3 rings (SSSR count). The molecule has 1 nitrogen and oxygen atoms in total. The van der Waals surface area contributed by atoms with E-state index in [2.05, 4.69) is 32.0 Å². The van der Waals surface area contributed by atoms with Gasteiger partial charge in [-0.15, -0.1) is 0 Å². The number of carbonyl (C=O) groups is 1. The molecule has 0 radical (unpaired) electrons. The molecule has 19 heavy (non-hydrogen) atoms. The van der Waals surface area contributed by atoms with E-state index in [1.165, 1.54) is 30.4 Å². The molecule has 3 atom stereocenters. The molecule has 2 aliphatic carbocycles. The molecule has 3 unspecified atom stereocenters. The summed E-state index contributed by atoms with van der Waals surface area (Å²) in [5, 5.41) is 0. The number of ketones is 1. The Hall–Kier alpha value is -1.11. The number of hydrogen-bond acceptors (Lipinski definition) is 1. The van der Waals surface area contributed by atoms with E-state index >= 15 is 0 Å². The van der Waals surface area contributed by atoms with Crippen molar-refractivity contribution in [3.8, 4) is 0 Å². The smallest absolute Gasteiger partial charge is 0.165 e. The lowest BCUT2D eigenvalue weighted by Gasteiger charge is -2.31. The Bertz CT molecular complexity index is 488. The summed E-state index contributed by atoms with van der Waals surface area (Å²) < 4.78 is 0. The van der Waals surface area contributed by atoms with Gasteiger partial charge in [-0.3, -0.25) is 4.79 Å². The van der Waals surface area contributed by atoms with E-state index in [0.29, 0.717) is 11.7 Å². The Morgan fingerprint density at radius 1 is 1.05 bits per heavy atom. The summed E-state index contributed by atoms with van der Waals surface area (Å²) in [7, 11) is 0. The molecule has 0 amide bonds. The maximum absolute atomic E-state index is 12.7. The Morgan fingerprint density at radius 2 is 1.84 bits per heavy atom. The van der Waals surface area contributed by atoms with Crippen LogP contribution >= 0.6 is 0 Å². The van der Waals surface area contributed by atoms with Crippen molar-refractivity contribution in [1.29, 1.82) is 0 Å². The van der Waals surface area contributed by atoms with Crippen molar-refractivity contribution in [2.45, 2.75) is 52.4 Å². The Morgan fingerprint density at radius 3 is 2.63 bits per heavy atom. The van der Waals surface area contributed by atoms with Crippen LogP contribution in [-0.4, -0.2) is 5.78 Å². The molecule has 0 N–H and O–H groups in total. The van der Waals surface area contributed by atoms with E-state index in [0.717, 1.165) is 30.7 Å². The fourth-order valence-corrected chi connectivity index (χ4v) is 3.75. The van der Waals surface area contributed by atoms with E-state index in [-0.39, 0.29) is 5.92 Å². The molecule has 0 aliphatic heterocycles. The second-order valence-electron chi connectivity index (χ2n) is 6.67. The Balaban J connectivity index is 1.77. The van der Waals surface area contributed by atoms with Crippen LogP contribution in [0.2, 0.25) is 0 Å². The summed E-state index contributed by atoms with van der Waals surface area (Å²) in [5.41, 5.74) is 3.85. The lowest BCUT2D eigenvalue weighted by molar-refractivity contribution is 0.0837. The van der Waals surface area contributed by atoms with Crippen LogP contribution in [0, 0.1) is 17.8 Å². The summed E-state index contributed by atoms with van der Waals surface area (Å²) in [4.78, 5) is 12.7. The lowest BCUT2D eigenvalue weighted by atomic mass is 9.73. The van der Waals surface area contributed by atoms with Crippen molar-refractivity contribution in [1.82, 2.24) is 0 Å². The van der Waals surface area contributed by atoms with Gasteiger partial charge in [0, 0.05) is 11.5 Å². The third-order valence-corrected chi connectivity index (χ3v) is 5.35. The van der Waals surface area contributed by atoms with Crippen molar-refractivity contribution in [2.75, 3.05) is 0 Å². The average Bonchev–Trinajstić information content (AvgIpc) is 2.88. The fourth-order valence-electron chi connectivity index (χ4n) is 3.75. The van der Waals surface area contributed by atoms with Gasteiger partial charge < -0.3 is 0 Å². The normalized spacial score (nSPS) is 30.1. The number of benzene rings is 1. The molecule has 0 saturated heterocycles. The first-order chi connectivity index (χ1) is 9.15. The average molecular weight is 256 g/mol.